The molecule has 1 unspecified atom stereocenters. The molecule has 4 rings (SSSR count). The Morgan fingerprint density at radius 1 is 1.08 bits per heavy atom. The van der Waals surface area contributed by atoms with Crippen LogP contribution < -0.4 is 9.62 Å². The van der Waals surface area contributed by atoms with Gasteiger partial charge in [0.2, 0.25) is 5.91 Å². The molecule has 1 atom stereocenters. The van der Waals surface area contributed by atoms with Crippen molar-refractivity contribution >= 4 is 33.2 Å². The number of nitrogens with zero attached hydrogens (tertiary/aromatic N) is 1. The summed E-state index contributed by atoms with van der Waals surface area (Å²) in [5.74, 6) is -0.629. The minimum absolute atomic E-state index is 0.146. The molecule has 1 amide bonds. The van der Waals surface area contributed by atoms with Crippen molar-refractivity contribution < 1.29 is 26.4 Å². The molecule has 0 aromatic heterocycles. The van der Waals surface area contributed by atoms with E-state index in [0.29, 0.717) is 16.8 Å². The molecule has 3 aromatic rings. The van der Waals surface area contributed by atoms with Gasteiger partial charge in [-0.25, -0.2) is 8.42 Å². The zero-order valence-electron chi connectivity index (χ0n) is 19.3. The standard InChI is InChI=1S/C26H24ClF3N2O3S/c1-17-9-12-20(13-10-17)36(34,35)32(19-11-14-23(27)22(15-19)26(28,29)30)16-25(33)31-24-8-4-6-18-5-2-3-7-21(18)24/h2-3,5,7,9-15,24H,4,6,8,16H2,1H3,(H,31,33). The molecule has 0 aliphatic heterocycles. The molecular formula is C26H24ClF3N2O3S. The molecule has 190 valence electrons. The van der Waals surface area contributed by atoms with Gasteiger partial charge in [0.05, 0.1) is 27.2 Å². The van der Waals surface area contributed by atoms with Gasteiger partial charge >= 0.3 is 6.18 Å². The summed E-state index contributed by atoms with van der Waals surface area (Å²) in [6, 6.07) is 16.0. The average Bonchev–Trinajstić information content (AvgIpc) is 2.83. The molecule has 0 saturated carbocycles. The molecule has 0 radical (unpaired) electrons. The predicted molar refractivity (Wildman–Crippen MR) is 132 cm³/mol. The van der Waals surface area contributed by atoms with E-state index in [0.717, 1.165) is 41.7 Å². The summed E-state index contributed by atoms with van der Waals surface area (Å²) in [5.41, 5.74) is 1.36. The summed E-state index contributed by atoms with van der Waals surface area (Å²) >= 11 is 5.75. The Kier molecular flexibility index (Phi) is 7.33. The van der Waals surface area contributed by atoms with Crippen LogP contribution in [0.3, 0.4) is 0 Å². The number of hydrogen-bond donors (Lipinski definition) is 1. The summed E-state index contributed by atoms with van der Waals surface area (Å²) in [6.45, 7) is 1.08. The third-order valence-electron chi connectivity index (χ3n) is 6.14. The Balaban J connectivity index is 1.70. The van der Waals surface area contributed by atoms with Gasteiger partial charge in [0, 0.05) is 0 Å². The summed E-state index contributed by atoms with van der Waals surface area (Å²) in [6.07, 6.45) is -2.41. The molecule has 1 aliphatic rings. The van der Waals surface area contributed by atoms with Crippen molar-refractivity contribution in [1.29, 1.82) is 0 Å². The largest absolute Gasteiger partial charge is 0.417 e. The second-order valence-corrected chi connectivity index (χ2v) is 11.0. The number of halogens is 4. The van der Waals surface area contributed by atoms with Crippen LogP contribution in [-0.4, -0.2) is 20.9 Å². The molecule has 0 heterocycles. The Morgan fingerprint density at radius 2 is 1.78 bits per heavy atom. The summed E-state index contributed by atoms with van der Waals surface area (Å²) < 4.78 is 68.4. The van der Waals surface area contributed by atoms with Crippen LogP contribution in [0.2, 0.25) is 5.02 Å². The van der Waals surface area contributed by atoms with Crippen LogP contribution in [0.25, 0.3) is 0 Å². The van der Waals surface area contributed by atoms with Crippen LogP contribution in [-0.2, 0) is 27.4 Å². The van der Waals surface area contributed by atoms with Crippen LogP contribution in [0.15, 0.2) is 71.6 Å². The van der Waals surface area contributed by atoms with Gasteiger partial charge in [-0.15, -0.1) is 0 Å². The molecule has 1 aliphatic carbocycles. The maximum Gasteiger partial charge on any atom is 0.417 e. The molecular weight excluding hydrogens is 513 g/mol. The van der Waals surface area contributed by atoms with E-state index in [-0.39, 0.29) is 16.6 Å². The zero-order chi connectivity index (χ0) is 26.1. The van der Waals surface area contributed by atoms with Gasteiger partial charge in [-0.05, 0) is 67.6 Å². The van der Waals surface area contributed by atoms with E-state index < -0.39 is 39.2 Å². The van der Waals surface area contributed by atoms with Crippen LogP contribution in [0.4, 0.5) is 18.9 Å². The number of nitrogens with one attached hydrogen (secondary N) is 1. The van der Waals surface area contributed by atoms with E-state index in [2.05, 4.69) is 5.32 Å². The van der Waals surface area contributed by atoms with Gasteiger partial charge in [-0.1, -0.05) is 53.6 Å². The molecule has 10 heteroatoms. The first-order chi connectivity index (χ1) is 17.0. The second kappa shape index (κ2) is 10.1. The Hall–Kier alpha value is -3.04. The summed E-state index contributed by atoms with van der Waals surface area (Å²) in [7, 11) is -4.38. The first kappa shape index (κ1) is 26.0. The average molecular weight is 537 g/mol. The number of anilines is 1. The summed E-state index contributed by atoms with van der Waals surface area (Å²) in [4.78, 5) is 13.0. The highest BCUT2D eigenvalue weighted by Gasteiger charge is 2.36. The van der Waals surface area contributed by atoms with E-state index in [1.807, 2.05) is 24.3 Å². The maximum atomic E-state index is 13.5. The number of hydrogen-bond acceptors (Lipinski definition) is 3. The monoisotopic (exact) mass is 536 g/mol. The van der Waals surface area contributed by atoms with Crippen molar-refractivity contribution in [2.24, 2.45) is 0 Å². The number of carbonyl (C=O) groups excluding carboxylic acids is 1. The number of carbonyl (C=O) groups is 1. The second-order valence-electron chi connectivity index (χ2n) is 8.70. The Labute approximate surface area is 212 Å². The van der Waals surface area contributed by atoms with Crippen molar-refractivity contribution in [3.63, 3.8) is 0 Å². The van der Waals surface area contributed by atoms with Crippen LogP contribution >= 0.6 is 11.6 Å². The van der Waals surface area contributed by atoms with Crippen molar-refractivity contribution in [1.82, 2.24) is 5.32 Å². The van der Waals surface area contributed by atoms with Crippen molar-refractivity contribution in [3.8, 4) is 0 Å². The Bertz CT molecular complexity index is 1380. The molecule has 3 aromatic carbocycles. The van der Waals surface area contributed by atoms with Gasteiger partial charge in [-0.3, -0.25) is 9.10 Å². The highest BCUT2D eigenvalue weighted by Crippen LogP contribution is 2.38. The van der Waals surface area contributed by atoms with E-state index in [9.17, 15) is 26.4 Å². The Morgan fingerprint density at radius 3 is 2.47 bits per heavy atom. The lowest BCUT2D eigenvalue weighted by Crippen LogP contribution is -2.42. The van der Waals surface area contributed by atoms with Crippen LogP contribution in [0.5, 0.6) is 0 Å². The lowest BCUT2D eigenvalue weighted by Gasteiger charge is -2.29. The van der Waals surface area contributed by atoms with Gasteiger partial charge in [0.15, 0.2) is 0 Å². The molecule has 36 heavy (non-hydrogen) atoms. The quantitative estimate of drug-likeness (QED) is 0.416. The molecule has 0 bridgehead atoms. The van der Waals surface area contributed by atoms with Gasteiger partial charge < -0.3 is 5.32 Å². The normalized spacial score (nSPS) is 15.8. The van der Waals surface area contributed by atoms with E-state index in [4.69, 9.17) is 11.6 Å². The smallest absolute Gasteiger partial charge is 0.348 e. The fourth-order valence-corrected chi connectivity index (χ4v) is 5.95. The fourth-order valence-electron chi connectivity index (χ4n) is 4.31. The molecule has 0 fully saturated rings. The zero-order valence-corrected chi connectivity index (χ0v) is 20.9. The van der Waals surface area contributed by atoms with Crippen molar-refractivity contribution in [3.05, 3.63) is 94.0 Å². The predicted octanol–water partition coefficient (Wildman–Crippen LogP) is 6.06. The van der Waals surface area contributed by atoms with Gasteiger partial charge in [-0.2, -0.15) is 13.2 Å². The topological polar surface area (TPSA) is 66.5 Å². The molecule has 0 spiro atoms. The number of fused-ring (bicyclic) bond motifs is 1. The third kappa shape index (κ3) is 5.52. The van der Waals surface area contributed by atoms with Gasteiger partial charge in [0.25, 0.3) is 10.0 Å². The van der Waals surface area contributed by atoms with Crippen LogP contribution in [0.1, 0.15) is 41.1 Å². The van der Waals surface area contributed by atoms with E-state index >= 15 is 0 Å². The fraction of sp³-hybridized carbons (Fsp3) is 0.269. The highest BCUT2D eigenvalue weighted by molar-refractivity contribution is 7.92. The number of rotatable bonds is 6. The minimum Gasteiger partial charge on any atom is -0.348 e. The summed E-state index contributed by atoms with van der Waals surface area (Å²) in [5, 5.41) is 2.30. The SMILES string of the molecule is Cc1ccc(S(=O)(=O)N(CC(=O)NC2CCCc3ccccc32)c2ccc(Cl)c(C(F)(F)F)c2)cc1. The minimum atomic E-state index is -4.81. The third-order valence-corrected chi connectivity index (χ3v) is 8.26. The number of sulfonamides is 1. The lowest BCUT2D eigenvalue weighted by atomic mass is 9.88. The first-order valence-electron chi connectivity index (χ1n) is 11.3. The number of benzene rings is 3. The number of alkyl halides is 3. The molecule has 5 nitrogen and oxygen atoms in total. The van der Waals surface area contributed by atoms with E-state index in [1.165, 1.54) is 12.1 Å². The van der Waals surface area contributed by atoms with Crippen molar-refractivity contribution in [2.75, 3.05) is 10.8 Å². The van der Waals surface area contributed by atoms with Crippen LogP contribution in [0, 0.1) is 6.92 Å². The highest BCUT2D eigenvalue weighted by atomic mass is 35.5. The first-order valence-corrected chi connectivity index (χ1v) is 13.1. The number of aryl methyl sites for hydroxylation is 2. The molecule has 0 saturated heterocycles. The molecule has 1 N–H and O–H groups in total. The maximum absolute atomic E-state index is 13.5. The van der Waals surface area contributed by atoms with Crippen molar-refractivity contribution in [2.45, 2.75) is 43.3 Å². The van der Waals surface area contributed by atoms with E-state index in [1.54, 1.807) is 19.1 Å². The van der Waals surface area contributed by atoms with Gasteiger partial charge in [0.1, 0.15) is 6.54 Å². The number of amides is 1. The lowest BCUT2D eigenvalue weighted by molar-refractivity contribution is -0.137.